The molecule has 0 saturated heterocycles. The van der Waals surface area contributed by atoms with Crippen molar-refractivity contribution >= 4 is 40.0 Å². The first-order valence-corrected chi connectivity index (χ1v) is 15.5. The van der Waals surface area contributed by atoms with Gasteiger partial charge in [-0.3, -0.25) is 9.36 Å². The van der Waals surface area contributed by atoms with Crippen LogP contribution in [0.4, 0.5) is 4.39 Å². The maximum atomic E-state index is 14.3. The van der Waals surface area contributed by atoms with Gasteiger partial charge in [0.1, 0.15) is 5.82 Å². The summed E-state index contributed by atoms with van der Waals surface area (Å²) in [6.45, 7) is 2.57. The molecule has 0 unspecified atom stereocenters. The Balaban J connectivity index is 1.45. The molecule has 0 aliphatic carbocycles. The quantitative estimate of drug-likeness (QED) is 0.205. The second-order valence-electron chi connectivity index (χ2n) is 10.7. The van der Waals surface area contributed by atoms with Crippen LogP contribution in [-0.2, 0) is 16.1 Å². The lowest BCUT2D eigenvalue weighted by Crippen LogP contribution is -2.40. The van der Waals surface area contributed by atoms with Crippen LogP contribution in [0, 0.1) is 5.82 Å². The molecule has 1 atom stereocenters. The fourth-order valence-corrected chi connectivity index (χ4v) is 6.84. The summed E-state index contributed by atoms with van der Waals surface area (Å²) < 4.78 is 23.8. The lowest BCUT2D eigenvalue weighted by Gasteiger charge is -2.25. The van der Waals surface area contributed by atoms with Gasteiger partial charge in [-0.25, -0.2) is 14.2 Å². The van der Waals surface area contributed by atoms with Crippen LogP contribution in [0.2, 0.25) is 0 Å². The minimum Gasteiger partial charge on any atom is -0.463 e. The van der Waals surface area contributed by atoms with E-state index in [0.29, 0.717) is 32.7 Å². The van der Waals surface area contributed by atoms with Crippen molar-refractivity contribution in [3.63, 3.8) is 0 Å². The number of halogens is 1. The van der Waals surface area contributed by atoms with E-state index >= 15 is 0 Å². The molecule has 1 aliphatic heterocycles. The molecule has 3 heterocycles. The van der Waals surface area contributed by atoms with Crippen LogP contribution in [0.1, 0.15) is 35.2 Å². The van der Waals surface area contributed by atoms with Gasteiger partial charge in [-0.1, -0.05) is 102 Å². The minimum absolute atomic E-state index is 0.151. The average Bonchev–Trinajstić information content (AvgIpc) is 3.57. The molecule has 222 valence electrons. The van der Waals surface area contributed by atoms with Crippen LogP contribution in [0.5, 0.6) is 0 Å². The zero-order chi connectivity index (χ0) is 30.9. The van der Waals surface area contributed by atoms with Crippen LogP contribution in [0.25, 0.3) is 22.7 Å². The Morgan fingerprint density at radius 1 is 0.933 bits per heavy atom. The summed E-state index contributed by atoms with van der Waals surface area (Å²) in [4.78, 5) is 33.3. The number of rotatable bonds is 7. The van der Waals surface area contributed by atoms with Gasteiger partial charge in [-0.2, -0.15) is 0 Å². The van der Waals surface area contributed by atoms with E-state index in [9.17, 15) is 14.0 Å². The molecule has 4 aromatic carbocycles. The number of carbonyl (C=O) groups is 1. The molecule has 6 aromatic rings. The van der Waals surface area contributed by atoms with Gasteiger partial charge >= 0.3 is 5.97 Å². The highest BCUT2D eigenvalue weighted by atomic mass is 32.1. The van der Waals surface area contributed by atoms with Gasteiger partial charge in [0.25, 0.3) is 5.56 Å². The van der Waals surface area contributed by atoms with E-state index in [1.54, 1.807) is 19.1 Å². The van der Waals surface area contributed by atoms with E-state index in [0.717, 1.165) is 16.5 Å². The zero-order valence-electron chi connectivity index (χ0n) is 24.4. The van der Waals surface area contributed by atoms with E-state index in [1.807, 2.05) is 72.8 Å². The third kappa shape index (κ3) is 5.34. The summed E-state index contributed by atoms with van der Waals surface area (Å²) in [6, 6.07) is 32.7. The average molecular weight is 614 g/mol. The molecule has 2 aromatic heterocycles. The number of hydrogen-bond acceptors (Lipinski definition) is 5. The number of thiazole rings is 1. The molecule has 45 heavy (non-hydrogen) atoms. The van der Waals surface area contributed by atoms with Crippen molar-refractivity contribution in [2.24, 2.45) is 4.99 Å². The molecular weight excluding hydrogens is 585 g/mol. The van der Waals surface area contributed by atoms with Crippen LogP contribution < -0.4 is 14.9 Å². The number of aromatic nitrogens is 2. The normalized spacial score (nSPS) is 14.8. The molecular formula is C37H28FN3O3S. The SMILES string of the molecule is CCOC(=O)C1=C(c2ccccc2)N=c2s/c(=C\c3cn(Cc4ccccc4)c4ccccc34)c(=O)n2[C@H]1c1ccc(F)cc1. The first-order valence-electron chi connectivity index (χ1n) is 14.7. The van der Waals surface area contributed by atoms with Crippen molar-refractivity contribution in [3.8, 4) is 0 Å². The van der Waals surface area contributed by atoms with E-state index in [2.05, 4.69) is 29.0 Å². The molecule has 1 aliphatic rings. The fourth-order valence-electron chi connectivity index (χ4n) is 5.84. The van der Waals surface area contributed by atoms with Crippen LogP contribution in [0.3, 0.4) is 0 Å². The number of hydrogen-bond donors (Lipinski definition) is 0. The highest BCUT2D eigenvalue weighted by Gasteiger charge is 2.35. The van der Waals surface area contributed by atoms with E-state index in [4.69, 9.17) is 9.73 Å². The topological polar surface area (TPSA) is 65.6 Å². The first kappa shape index (κ1) is 28.4. The number of fused-ring (bicyclic) bond motifs is 2. The van der Waals surface area contributed by atoms with Crippen molar-refractivity contribution in [1.29, 1.82) is 0 Å². The minimum atomic E-state index is -0.863. The summed E-state index contributed by atoms with van der Waals surface area (Å²) in [5.41, 5.74) is 4.79. The summed E-state index contributed by atoms with van der Waals surface area (Å²) in [6.07, 6.45) is 3.96. The van der Waals surface area contributed by atoms with Crippen molar-refractivity contribution in [3.05, 3.63) is 169 Å². The van der Waals surface area contributed by atoms with Crippen molar-refractivity contribution in [1.82, 2.24) is 9.13 Å². The standard InChI is InChI=1S/C37H28FN3O3S/c1-2-44-36(43)32-33(25-13-7-4-8-14-25)39-37-41(34(32)26-17-19-28(38)20-18-26)35(42)31(45-37)21-27-23-40(22-24-11-5-3-6-12-24)30-16-10-9-15-29(27)30/h3-21,23,34H,2,22H2,1H3/b31-21-/t34-/m0/s1. The molecule has 7 rings (SSSR count). The maximum Gasteiger partial charge on any atom is 0.338 e. The van der Waals surface area contributed by atoms with Gasteiger partial charge in [0.05, 0.1) is 28.5 Å². The van der Waals surface area contributed by atoms with Crippen LogP contribution in [-0.4, -0.2) is 21.7 Å². The Bertz CT molecular complexity index is 2250. The van der Waals surface area contributed by atoms with Crippen molar-refractivity contribution < 1.29 is 13.9 Å². The van der Waals surface area contributed by atoms with Gasteiger partial charge in [-0.05, 0) is 42.3 Å². The molecule has 0 fully saturated rings. The molecule has 0 radical (unpaired) electrons. The lowest BCUT2D eigenvalue weighted by molar-refractivity contribution is -0.138. The van der Waals surface area contributed by atoms with Crippen LogP contribution in [0.15, 0.2) is 131 Å². The summed E-state index contributed by atoms with van der Waals surface area (Å²) in [5, 5.41) is 1.02. The Morgan fingerprint density at radius 3 is 2.36 bits per heavy atom. The number of esters is 1. The number of nitrogens with zero attached hydrogens (tertiary/aromatic N) is 3. The summed E-state index contributed by atoms with van der Waals surface area (Å²) in [7, 11) is 0. The van der Waals surface area contributed by atoms with Crippen molar-refractivity contribution in [2.45, 2.75) is 19.5 Å². The molecule has 8 heteroatoms. The molecule has 6 nitrogen and oxygen atoms in total. The number of benzene rings is 4. The second-order valence-corrected chi connectivity index (χ2v) is 11.7. The zero-order valence-corrected chi connectivity index (χ0v) is 25.2. The smallest absolute Gasteiger partial charge is 0.338 e. The Labute approximate surface area is 262 Å². The Morgan fingerprint density at radius 2 is 1.62 bits per heavy atom. The van der Waals surface area contributed by atoms with Gasteiger partial charge in [0.2, 0.25) is 0 Å². The monoisotopic (exact) mass is 613 g/mol. The molecule has 0 spiro atoms. The maximum absolute atomic E-state index is 14.3. The largest absolute Gasteiger partial charge is 0.463 e. The predicted octanol–water partition coefficient (Wildman–Crippen LogP) is 6.08. The van der Waals surface area contributed by atoms with E-state index in [-0.39, 0.29) is 17.7 Å². The second kappa shape index (κ2) is 12.0. The lowest BCUT2D eigenvalue weighted by atomic mass is 9.93. The third-order valence-electron chi connectivity index (χ3n) is 7.86. The fraction of sp³-hybridized carbons (Fsp3) is 0.108. The van der Waals surface area contributed by atoms with Gasteiger partial charge in [-0.15, -0.1) is 0 Å². The van der Waals surface area contributed by atoms with Crippen LogP contribution >= 0.6 is 11.3 Å². The van der Waals surface area contributed by atoms with E-state index in [1.165, 1.54) is 33.6 Å². The molecule has 0 amide bonds. The van der Waals surface area contributed by atoms with Crippen molar-refractivity contribution in [2.75, 3.05) is 6.61 Å². The molecule has 0 N–H and O–H groups in total. The number of para-hydroxylation sites is 1. The van der Waals surface area contributed by atoms with E-state index < -0.39 is 17.8 Å². The summed E-state index contributed by atoms with van der Waals surface area (Å²) in [5.74, 6) is -0.990. The Hall–Kier alpha value is -5.34. The summed E-state index contributed by atoms with van der Waals surface area (Å²) >= 11 is 1.26. The predicted molar refractivity (Wildman–Crippen MR) is 175 cm³/mol. The Kier molecular flexibility index (Phi) is 7.57. The highest BCUT2D eigenvalue weighted by molar-refractivity contribution is 7.07. The molecule has 0 bridgehead atoms. The third-order valence-corrected chi connectivity index (χ3v) is 8.84. The first-order chi connectivity index (χ1) is 22.0. The van der Waals surface area contributed by atoms with Gasteiger partial charge in [0, 0.05) is 34.8 Å². The van der Waals surface area contributed by atoms with Gasteiger partial charge in [0.15, 0.2) is 4.80 Å². The number of ether oxygens (including phenoxy) is 1. The van der Waals surface area contributed by atoms with Gasteiger partial charge < -0.3 is 9.30 Å². The number of carbonyl (C=O) groups excluding carboxylic acids is 1. The molecule has 0 saturated carbocycles. The highest BCUT2D eigenvalue weighted by Crippen LogP contribution is 2.35.